The van der Waals surface area contributed by atoms with Gasteiger partial charge in [-0.25, -0.2) is 4.79 Å². The highest BCUT2D eigenvalue weighted by Gasteiger charge is 2.13. The molecule has 0 fully saturated rings. The predicted octanol–water partition coefficient (Wildman–Crippen LogP) is 4.45. The van der Waals surface area contributed by atoms with Crippen LogP contribution in [0, 0.1) is 6.92 Å². The highest BCUT2D eigenvalue weighted by molar-refractivity contribution is 5.89. The van der Waals surface area contributed by atoms with Crippen LogP contribution in [0.2, 0.25) is 0 Å². The minimum absolute atomic E-state index is 0.107. The molecule has 23 heavy (non-hydrogen) atoms. The summed E-state index contributed by atoms with van der Waals surface area (Å²) in [5.41, 5.74) is 3.09. The van der Waals surface area contributed by atoms with Gasteiger partial charge in [0.2, 0.25) is 0 Å². The third-order valence-electron chi connectivity index (χ3n) is 3.69. The second kappa shape index (κ2) is 8.22. The first-order valence-corrected chi connectivity index (χ1v) is 7.97. The van der Waals surface area contributed by atoms with Crippen LogP contribution in [0.25, 0.3) is 0 Å². The number of aryl methyl sites for hydroxylation is 1. The van der Waals surface area contributed by atoms with Crippen molar-refractivity contribution in [2.24, 2.45) is 0 Å². The zero-order valence-electron chi connectivity index (χ0n) is 14.0. The topological polar surface area (TPSA) is 41.6 Å². The Labute approximate surface area is 138 Å². The molecule has 0 aromatic heterocycles. The lowest BCUT2D eigenvalue weighted by Gasteiger charge is -2.22. The summed E-state index contributed by atoms with van der Waals surface area (Å²) < 4.78 is 5.46. The zero-order chi connectivity index (χ0) is 16.7. The molecule has 1 N–H and O–H groups in total. The molecule has 0 aliphatic rings. The van der Waals surface area contributed by atoms with Crippen molar-refractivity contribution in [3.63, 3.8) is 0 Å². The number of anilines is 1. The first-order valence-electron chi connectivity index (χ1n) is 7.97. The second-order valence-corrected chi connectivity index (χ2v) is 5.33. The fourth-order valence-electron chi connectivity index (χ4n) is 2.35. The molecule has 0 saturated carbocycles. The molecule has 2 rings (SSSR count). The Kier molecular flexibility index (Phi) is 6.03. The van der Waals surface area contributed by atoms with Gasteiger partial charge in [-0.15, -0.1) is 0 Å². The van der Waals surface area contributed by atoms with E-state index in [0.29, 0.717) is 19.7 Å². The zero-order valence-corrected chi connectivity index (χ0v) is 14.0. The Hall–Kier alpha value is -2.49. The van der Waals surface area contributed by atoms with Crippen molar-refractivity contribution < 1.29 is 9.53 Å². The monoisotopic (exact) mass is 312 g/mol. The van der Waals surface area contributed by atoms with Gasteiger partial charge in [0.05, 0.1) is 6.61 Å². The molecule has 122 valence electrons. The third kappa shape index (κ3) is 4.74. The van der Waals surface area contributed by atoms with E-state index in [9.17, 15) is 4.79 Å². The van der Waals surface area contributed by atoms with E-state index in [0.717, 1.165) is 17.0 Å². The number of carbonyl (C=O) groups is 1. The van der Waals surface area contributed by atoms with Crippen LogP contribution in [-0.4, -0.2) is 24.1 Å². The Morgan fingerprint density at radius 1 is 1.13 bits per heavy atom. The number of hydrogen-bond acceptors (Lipinski definition) is 2. The molecule has 2 amide bonds. The molecule has 4 nitrogen and oxygen atoms in total. The molecule has 0 heterocycles. The van der Waals surface area contributed by atoms with E-state index in [-0.39, 0.29) is 6.03 Å². The smallest absolute Gasteiger partial charge is 0.322 e. The van der Waals surface area contributed by atoms with Crippen LogP contribution in [0.15, 0.2) is 48.5 Å². The molecule has 0 bridgehead atoms. The van der Waals surface area contributed by atoms with Crippen molar-refractivity contribution in [3.8, 4) is 5.75 Å². The van der Waals surface area contributed by atoms with Gasteiger partial charge in [0.25, 0.3) is 0 Å². The van der Waals surface area contributed by atoms with E-state index >= 15 is 0 Å². The van der Waals surface area contributed by atoms with Gasteiger partial charge in [0, 0.05) is 24.8 Å². The molecular weight excluding hydrogens is 288 g/mol. The summed E-state index contributed by atoms with van der Waals surface area (Å²) in [6, 6.07) is 15.5. The Morgan fingerprint density at radius 2 is 1.91 bits per heavy atom. The second-order valence-electron chi connectivity index (χ2n) is 5.33. The van der Waals surface area contributed by atoms with Crippen LogP contribution >= 0.6 is 0 Å². The lowest BCUT2D eigenvalue weighted by atomic mass is 10.1. The molecule has 0 saturated heterocycles. The van der Waals surface area contributed by atoms with Gasteiger partial charge in [0.15, 0.2) is 0 Å². The summed E-state index contributed by atoms with van der Waals surface area (Å²) in [6.07, 6.45) is 0. The average molecular weight is 312 g/mol. The normalized spacial score (nSPS) is 10.2. The first-order chi connectivity index (χ1) is 11.1. The van der Waals surface area contributed by atoms with Gasteiger partial charge >= 0.3 is 6.03 Å². The van der Waals surface area contributed by atoms with Crippen molar-refractivity contribution in [2.45, 2.75) is 27.3 Å². The summed E-state index contributed by atoms with van der Waals surface area (Å²) in [7, 11) is 0. The molecule has 0 aliphatic heterocycles. The fraction of sp³-hybridized carbons (Fsp3) is 0.316. The van der Waals surface area contributed by atoms with Crippen LogP contribution in [0.3, 0.4) is 0 Å². The summed E-state index contributed by atoms with van der Waals surface area (Å²) in [4.78, 5) is 14.3. The molecule has 0 atom stereocenters. The third-order valence-corrected chi connectivity index (χ3v) is 3.69. The Bertz CT molecular complexity index is 655. The maximum Gasteiger partial charge on any atom is 0.322 e. The van der Waals surface area contributed by atoms with E-state index in [1.807, 2.05) is 50.2 Å². The van der Waals surface area contributed by atoms with Crippen LogP contribution in [0.5, 0.6) is 5.75 Å². The standard InChI is InChI=1S/C19H24N2O2/c1-4-21(14-16-10-7-6-9-15(16)3)19(22)20-17-11-8-12-18(13-17)23-5-2/h6-13H,4-5,14H2,1-3H3,(H,20,22). The molecule has 2 aromatic carbocycles. The molecule has 0 spiro atoms. The number of carbonyl (C=O) groups excluding carboxylic acids is 1. The van der Waals surface area contributed by atoms with Gasteiger partial charge in [0.1, 0.15) is 5.75 Å². The SMILES string of the molecule is CCOc1cccc(NC(=O)N(CC)Cc2ccccc2C)c1. The summed E-state index contributed by atoms with van der Waals surface area (Å²) in [5.74, 6) is 0.757. The minimum Gasteiger partial charge on any atom is -0.494 e. The van der Waals surface area contributed by atoms with Gasteiger partial charge in [-0.2, -0.15) is 0 Å². The molecule has 0 radical (unpaired) electrons. The molecule has 2 aromatic rings. The lowest BCUT2D eigenvalue weighted by molar-refractivity contribution is 0.212. The van der Waals surface area contributed by atoms with Crippen molar-refractivity contribution in [1.82, 2.24) is 4.90 Å². The van der Waals surface area contributed by atoms with Crippen molar-refractivity contribution in [1.29, 1.82) is 0 Å². The van der Waals surface area contributed by atoms with E-state index < -0.39 is 0 Å². The number of rotatable bonds is 6. The molecule has 0 aliphatic carbocycles. The predicted molar refractivity (Wildman–Crippen MR) is 93.9 cm³/mol. The largest absolute Gasteiger partial charge is 0.494 e. The van der Waals surface area contributed by atoms with Crippen molar-refractivity contribution in [2.75, 3.05) is 18.5 Å². The quantitative estimate of drug-likeness (QED) is 0.856. The summed E-state index contributed by atoms with van der Waals surface area (Å²) in [6.45, 7) is 7.82. The van der Waals surface area contributed by atoms with Crippen molar-refractivity contribution in [3.05, 3.63) is 59.7 Å². The van der Waals surface area contributed by atoms with Crippen LogP contribution in [0.4, 0.5) is 10.5 Å². The highest BCUT2D eigenvalue weighted by atomic mass is 16.5. The van der Waals surface area contributed by atoms with E-state index in [1.54, 1.807) is 4.90 Å². The number of benzene rings is 2. The minimum atomic E-state index is -0.107. The summed E-state index contributed by atoms with van der Waals surface area (Å²) >= 11 is 0. The Morgan fingerprint density at radius 3 is 2.61 bits per heavy atom. The fourth-order valence-corrected chi connectivity index (χ4v) is 2.35. The maximum absolute atomic E-state index is 12.5. The molecule has 4 heteroatoms. The Balaban J connectivity index is 2.05. The van der Waals surface area contributed by atoms with Crippen LogP contribution in [-0.2, 0) is 6.54 Å². The summed E-state index contributed by atoms with van der Waals surface area (Å²) in [5, 5.41) is 2.94. The molecule has 0 unspecified atom stereocenters. The van der Waals surface area contributed by atoms with E-state index in [2.05, 4.69) is 24.4 Å². The number of urea groups is 1. The lowest BCUT2D eigenvalue weighted by Crippen LogP contribution is -2.34. The number of ether oxygens (including phenoxy) is 1. The first kappa shape index (κ1) is 16.9. The number of hydrogen-bond donors (Lipinski definition) is 1. The van der Waals surface area contributed by atoms with Gasteiger partial charge < -0.3 is 15.0 Å². The molecular formula is C19H24N2O2. The van der Waals surface area contributed by atoms with E-state index in [4.69, 9.17) is 4.74 Å². The average Bonchev–Trinajstić information content (AvgIpc) is 2.54. The van der Waals surface area contributed by atoms with Gasteiger partial charge in [-0.05, 0) is 44.0 Å². The van der Waals surface area contributed by atoms with Gasteiger partial charge in [-0.1, -0.05) is 30.3 Å². The number of amides is 2. The maximum atomic E-state index is 12.5. The van der Waals surface area contributed by atoms with Crippen LogP contribution in [0.1, 0.15) is 25.0 Å². The van der Waals surface area contributed by atoms with E-state index in [1.165, 1.54) is 5.56 Å². The highest BCUT2D eigenvalue weighted by Crippen LogP contribution is 2.18. The van der Waals surface area contributed by atoms with Gasteiger partial charge in [-0.3, -0.25) is 0 Å². The van der Waals surface area contributed by atoms with Crippen molar-refractivity contribution >= 4 is 11.7 Å². The number of nitrogens with one attached hydrogen (secondary N) is 1. The number of nitrogens with zero attached hydrogens (tertiary/aromatic N) is 1. The van der Waals surface area contributed by atoms with Crippen LogP contribution < -0.4 is 10.1 Å².